The number of benzene rings is 1. The fraction of sp³-hybridized carbons (Fsp3) is 0.273. The Morgan fingerprint density at radius 3 is 2.76 bits per heavy atom. The van der Waals surface area contributed by atoms with Crippen molar-refractivity contribution in [2.75, 3.05) is 5.43 Å². The van der Waals surface area contributed by atoms with E-state index in [1.165, 1.54) is 0 Å². The summed E-state index contributed by atoms with van der Waals surface area (Å²) in [6.07, 6.45) is 0. The first-order valence-electron chi connectivity index (χ1n) is 5.23. The second kappa shape index (κ2) is 4.35. The summed E-state index contributed by atoms with van der Waals surface area (Å²) in [6, 6.07) is 5.24. The number of aromatic nitrogens is 2. The Morgan fingerprint density at radius 1 is 1.47 bits per heavy atom. The van der Waals surface area contributed by atoms with Gasteiger partial charge < -0.3 is 9.99 Å². The highest BCUT2D eigenvalue weighted by Crippen LogP contribution is 2.19. The molecule has 0 aliphatic rings. The molecule has 0 unspecified atom stereocenters. The molecule has 3 N–H and O–H groups in total. The maximum atomic E-state index is 12.1. The molecule has 0 spiro atoms. The summed E-state index contributed by atoms with van der Waals surface area (Å²) in [5, 5.41) is 0.571. The molecule has 0 atom stereocenters. The van der Waals surface area contributed by atoms with Crippen LogP contribution in [0.2, 0.25) is 5.02 Å². The molecule has 5 nitrogen and oxygen atoms in total. The molecular weight excluding hydrogens is 240 g/mol. The third kappa shape index (κ3) is 1.99. The van der Waals surface area contributed by atoms with Crippen LogP contribution in [-0.4, -0.2) is 9.55 Å². The Kier molecular flexibility index (Phi) is 3.04. The van der Waals surface area contributed by atoms with Crippen LogP contribution in [0.15, 0.2) is 23.0 Å². The van der Waals surface area contributed by atoms with Crippen molar-refractivity contribution < 1.29 is 0 Å². The van der Waals surface area contributed by atoms with E-state index in [-0.39, 0.29) is 17.4 Å². The molecular formula is C11H13ClN4O. The Bertz CT molecular complexity index is 621. The highest BCUT2D eigenvalue weighted by molar-refractivity contribution is 6.31. The van der Waals surface area contributed by atoms with Gasteiger partial charge in [-0.3, -0.25) is 4.79 Å². The molecule has 1 aromatic carbocycles. The van der Waals surface area contributed by atoms with E-state index >= 15 is 0 Å². The van der Waals surface area contributed by atoms with E-state index in [2.05, 4.69) is 10.4 Å². The molecule has 1 heterocycles. The lowest BCUT2D eigenvalue weighted by Crippen LogP contribution is -2.28. The predicted octanol–water partition coefficient (Wildman–Crippen LogP) is 1.92. The van der Waals surface area contributed by atoms with Crippen LogP contribution in [0.5, 0.6) is 0 Å². The summed E-state index contributed by atoms with van der Waals surface area (Å²) in [6.45, 7) is 3.85. The quantitative estimate of drug-likeness (QED) is 0.633. The molecule has 17 heavy (non-hydrogen) atoms. The average Bonchev–Trinajstić information content (AvgIpc) is 2.28. The van der Waals surface area contributed by atoms with Crippen LogP contribution in [0.3, 0.4) is 0 Å². The molecule has 90 valence electrons. The van der Waals surface area contributed by atoms with Gasteiger partial charge in [-0.1, -0.05) is 11.6 Å². The standard InChI is InChI=1S/C11H13ClN4O/c1-6(2)16-9-4-3-7(12)5-8(9)14-10(15-13)11(16)17/h3-6H,13H2,1-2H3,(H,14,15). The first-order valence-corrected chi connectivity index (χ1v) is 5.61. The number of anilines is 1. The Labute approximate surface area is 103 Å². The molecule has 0 aliphatic heterocycles. The largest absolute Gasteiger partial charge is 0.304 e. The summed E-state index contributed by atoms with van der Waals surface area (Å²) >= 11 is 5.91. The Balaban J connectivity index is 2.92. The summed E-state index contributed by atoms with van der Waals surface area (Å²) in [5.41, 5.74) is 3.46. The third-order valence-electron chi connectivity index (χ3n) is 2.50. The van der Waals surface area contributed by atoms with Crippen molar-refractivity contribution in [1.82, 2.24) is 9.55 Å². The van der Waals surface area contributed by atoms with Gasteiger partial charge in [-0.2, -0.15) is 0 Å². The van der Waals surface area contributed by atoms with E-state index in [1.807, 2.05) is 13.8 Å². The number of hydrazine groups is 1. The summed E-state index contributed by atoms with van der Waals surface area (Å²) < 4.78 is 1.63. The summed E-state index contributed by atoms with van der Waals surface area (Å²) in [5.74, 6) is 5.41. The number of nitrogens with zero attached hydrogens (tertiary/aromatic N) is 2. The van der Waals surface area contributed by atoms with Crippen molar-refractivity contribution in [3.63, 3.8) is 0 Å². The van der Waals surface area contributed by atoms with Crippen molar-refractivity contribution in [3.05, 3.63) is 33.6 Å². The highest BCUT2D eigenvalue weighted by Gasteiger charge is 2.12. The van der Waals surface area contributed by atoms with Crippen molar-refractivity contribution in [2.24, 2.45) is 5.84 Å². The zero-order chi connectivity index (χ0) is 12.6. The van der Waals surface area contributed by atoms with Crippen LogP contribution < -0.4 is 16.8 Å². The fourth-order valence-electron chi connectivity index (χ4n) is 1.79. The van der Waals surface area contributed by atoms with Crippen LogP contribution in [0.25, 0.3) is 11.0 Å². The molecule has 0 aliphatic carbocycles. The number of hydrogen-bond donors (Lipinski definition) is 2. The molecule has 0 fully saturated rings. The second-order valence-corrected chi connectivity index (χ2v) is 4.44. The van der Waals surface area contributed by atoms with Crippen molar-refractivity contribution in [2.45, 2.75) is 19.9 Å². The predicted molar refractivity (Wildman–Crippen MR) is 69.2 cm³/mol. The van der Waals surface area contributed by atoms with Gasteiger partial charge >= 0.3 is 0 Å². The minimum absolute atomic E-state index is 0.0151. The summed E-state index contributed by atoms with van der Waals surface area (Å²) in [4.78, 5) is 16.2. The van der Waals surface area contributed by atoms with Gasteiger partial charge in [0.2, 0.25) is 5.82 Å². The number of halogens is 1. The molecule has 2 aromatic rings. The topological polar surface area (TPSA) is 72.9 Å². The minimum atomic E-state index is -0.239. The van der Waals surface area contributed by atoms with E-state index in [1.54, 1.807) is 22.8 Å². The normalized spacial score (nSPS) is 11.1. The monoisotopic (exact) mass is 252 g/mol. The second-order valence-electron chi connectivity index (χ2n) is 4.01. The van der Waals surface area contributed by atoms with Crippen LogP contribution in [0, 0.1) is 0 Å². The number of hydrogen-bond acceptors (Lipinski definition) is 4. The molecule has 0 saturated carbocycles. The number of fused-ring (bicyclic) bond motifs is 1. The van der Waals surface area contributed by atoms with Crippen LogP contribution in [-0.2, 0) is 0 Å². The molecule has 0 radical (unpaired) electrons. The first kappa shape index (κ1) is 11.9. The minimum Gasteiger partial charge on any atom is -0.304 e. The van der Waals surface area contributed by atoms with Gasteiger partial charge in [0.25, 0.3) is 5.56 Å². The van der Waals surface area contributed by atoms with Gasteiger partial charge in [0.15, 0.2) is 0 Å². The van der Waals surface area contributed by atoms with E-state index in [0.717, 1.165) is 5.52 Å². The number of nitrogen functional groups attached to an aromatic ring is 1. The highest BCUT2D eigenvalue weighted by atomic mass is 35.5. The zero-order valence-corrected chi connectivity index (χ0v) is 10.3. The van der Waals surface area contributed by atoms with E-state index in [0.29, 0.717) is 10.5 Å². The lowest BCUT2D eigenvalue weighted by Gasteiger charge is -2.15. The molecule has 0 bridgehead atoms. The van der Waals surface area contributed by atoms with Crippen molar-refractivity contribution in [1.29, 1.82) is 0 Å². The molecule has 6 heteroatoms. The maximum absolute atomic E-state index is 12.1. The number of nitrogens with one attached hydrogen (secondary N) is 1. The molecule has 1 aromatic heterocycles. The van der Waals surface area contributed by atoms with Gasteiger partial charge in [-0.25, -0.2) is 10.8 Å². The lowest BCUT2D eigenvalue weighted by molar-refractivity contribution is 0.599. The van der Waals surface area contributed by atoms with Gasteiger partial charge in [-0.15, -0.1) is 0 Å². The molecule has 0 saturated heterocycles. The summed E-state index contributed by atoms with van der Waals surface area (Å²) in [7, 11) is 0. The van der Waals surface area contributed by atoms with E-state index in [4.69, 9.17) is 17.4 Å². The molecule has 0 amide bonds. The third-order valence-corrected chi connectivity index (χ3v) is 2.74. The van der Waals surface area contributed by atoms with Crippen molar-refractivity contribution >= 4 is 28.5 Å². The number of nitrogens with two attached hydrogens (primary N) is 1. The van der Waals surface area contributed by atoms with Gasteiger partial charge in [0.1, 0.15) is 0 Å². The first-order chi connectivity index (χ1) is 8.04. The average molecular weight is 253 g/mol. The van der Waals surface area contributed by atoms with Crippen molar-refractivity contribution in [3.8, 4) is 0 Å². The smallest absolute Gasteiger partial charge is 0.295 e. The Hall–Kier alpha value is -1.59. The SMILES string of the molecule is CC(C)n1c(=O)c(NN)nc2cc(Cl)ccc21. The zero-order valence-electron chi connectivity index (χ0n) is 9.57. The van der Waals surface area contributed by atoms with Gasteiger partial charge in [0.05, 0.1) is 11.0 Å². The van der Waals surface area contributed by atoms with E-state index in [9.17, 15) is 4.79 Å². The molecule has 2 rings (SSSR count). The Morgan fingerprint density at radius 2 is 2.18 bits per heavy atom. The fourth-order valence-corrected chi connectivity index (χ4v) is 1.95. The maximum Gasteiger partial charge on any atom is 0.295 e. The van der Waals surface area contributed by atoms with Gasteiger partial charge in [0, 0.05) is 11.1 Å². The van der Waals surface area contributed by atoms with E-state index < -0.39 is 0 Å². The van der Waals surface area contributed by atoms with Crippen LogP contribution in [0.1, 0.15) is 19.9 Å². The van der Waals surface area contributed by atoms with Gasteiger partial charge in [-0.05, 0) is 32.0 Å². The van der Waals surface area contributed by atoms with Crippen LogP contribution in [0.4, 0.5) is 5.82 Å². The van der Waals surface area contributed by atoms with Crippen LogP contribution >= 0.6 is 11.6 Å². The lowest BCUT2D eigenvalue weighted by atomic mass is 10.2. The number of rotatable bonds is 2.